The highest BCUT2D eigenvalue weighted by molar-refractivity contribution is 5.45. The molecule has 0 N–H and O–H groups in total. The Morgan fingerprint density at radius 2 is 1.89 bits per heavy atom. The van der Waals surface area contributed by atoms with Crippen LogP contribution in [0.5, 0.6) is 5.88 Å². The predicted octanol–water partition coefficient (Wildman–Crippen LogP) is 3.00. The summed E-state index contributed by atoms with van der Waals surface area (Å²) in [6.45, 7) is 2.12. The number of methoxy groups -OCH3 is 1. The molecule has 144 valence electrons. The molecule has 0 amide bonds. The van der Waals surface area contributed by atoms with Crippen LogP contribution in [0.4, 0.5) is 24.9 Å². The Labute approximate surface area is 155 Å². The Balaban J connectivity index is 1.56. The molecule has 6 nitrogen and oxygen atoms in total. The van der Waals surface area contributed by atoms with Crippen molar-refractivity contribution in [2.45, 2.75) is 25.1 Å². The molecule has 0 saturated carbocycles. The Morgan fingerprint density at radius 1 is 1.11 bits per heavy atom. The number of halogens is 3. The molecule has 2 fully saturated rings. The average molecular weight is 379 g/mol. The van der Waals surface area contributed by atoms with Crippen LogP contribution in [0.1, 0.15) is 18.4 Å². The summed E-state index contributed by atoms with van der Waals surface area (Å²) in [4.78, 5) is 17.0. The van der Waals surface area contributed by atoms with Crippen LogP contribution in [-0.4, -0.2) is 47.7 Å². The minimum Gasteiger partial charge on any atom is -0.481 e. The fourth-order valence-corrected chi connectivity index (χ4v) is 3.95. The van der Waals surface area contributed by atoms with Crippen molar-refractivity contribution in [2.75, 3.05) is 36.5 Å². The van der Waals surface area contributed by atoms with Crippen LogP contribution in [0.2, 0.25) is 0 Å². The van der Waals surface area contributed by atoms with Crippen molar-refractivity contribution in [1.29, 1.82) is 0 Å². The zero-order chi connectivity index (χ0) is 19.0. The Bertz CT molecular complexity index is 816. The van der Waals surface area contributed by atoms with E-state index in [0.717, 1.165) is 31.5 Å². The van der Waals surface area contributed by atoms with Crippen molar-refractivity contribution in [3.05, 3.63) is 36.2 Å². The van der Waals surface area contributed by atoms with E-state index in [9.17, 15) is 13.2 Å². The molecule has 27 heavy (non-hydrogen) atoms. The van der Waals surface area contributed by atoms with Crippen molar-refractivity contribution >= 4 is 11.8 Å². The third-order valence-corrected chi connectivity index (χ3v) is 5.34. The number of anilines is 2. The summed E-state index contributed by atoms with van der Waals surface area (Å²) in [5, 5.41) is 0. The summed E-state index contributed by atoms with van der Waals surface area (Å²) < 4.78 is 44.2. The molecular formula is C18H20F3N5O. The lowest BCUT2D eigenvalue weighted by molar-refractivity contribution is -0.137. The third-order valence-electron chi connectivity index (χ3n) is 5.34. The van der Waals surface area contributed by atoms with Crippen molar-refractivity contribution in [1.82, 2.24) is 15.0 Å². The number of aromatic nitrogens is 3. The van der Waals surface area contributed by atoms with E-state index >= 15 is 0 Å². The molecule has 4 heterocycles. The second kappa shape index (κ2) is 6.86. The fourth-order valence-electron chi connectivity index (χ4n) is 3.95. The second-order valence-electron chi connectivity index (χ2n) is 6.84. The van der Waals surface area contributed by atoms with Crippen LogP contribution < -0.4 is 14.5 Å². The Hall–Kier alpha value is -2.58. The van der Waals surface area contributed by atoms with Crippen LogP contribution in [0, 0.1) is 5.92 Å². The maximum Gasteiger partial charge on any atom is 0.416 e. The van der Waals surface area contributed by atoms with Crippen molar-refractivity contribution in [3.63, 3.8) is 0 Å². The standard InChI is InChI=1S/C18H20F3N5O/c1-27-16-3-7-23-17(24-16)26-9-5-12-4-8-25(11-14(12)26)15-10-13(2-6-22-15)18(19,20)21/h2-3,6-7,10,12,14H,4-5,8-9,11H2,1H3. The van der Waals surface area contributed by atoms with E-state index in [1.54, 1.807) is 19.4 Å². The smallest absolute Gasteiger partial charge is 0.416 e. The lowest BCUT2D eigenvalue weighted by Gasteiger charge is -2.39. The molecule has 4 rings (SSSR count). The summed E-state index contributed by atoms with van der Waals surface area (Å²) in [7, 11) is 1.56. The highest BCUT2D eigenvalue weighted by atomic mass is 19.4. The van der Waals surface area contributed by atoms with E-state index in [4.69, 9.17) is 4.74 Å². The van der Waals surface area contributed by atoms with Gasteiger partial charge in [0, 0.05) is 38.1 Å². The normalized spacial score (nSPS) is 22.7. The molecular weight excluding hydrogens is 359 g/mol. The lowest BCUT2D eigenvalue weighted by Crippen LogP contribution is -2.49. The molecule has 2 atom stereocenters. The van der Waals surface area contributed by atoms with Crippen LogP contribution in [0.15, 0.2) is 30.6 Å². The molecule has 2 aromatic rings. The number of hydrogen-bond donors (Lipinski definition) is 0. The Kier molecular flexibility index (Phi) is 4.53. The molecule has 2 saturated heterocycles. The molecule has 2 aliphatic heterocycles. The van der Waals surface area contributed by atoms with E-state index in [2.05, 4.69) is 19.9 Å². The molecule has 9 heteroatoms. The summed E-state index contributed by atoms with van der Waals surface area (Å²) in [5.41, 5.74) is -0.672. The minimum absolute atomic E-state index is 0.141. The number of nitrogens with zero attached hydrogens (tertiary/aromatic N) is 5. The molecule has 2 aliphatic rings. The first-order chi connectivity index (χ1) is 13.0. The molecule has 2 unspecified atom stereocenters. The number of pyridine rings is 1. The van der Waals surface area contributed by atoms with Gasteiger partial charge in [-0.25, -0.2) is 9.97 Å². The maximum absolute atomic E-state index is 13.0. The van der Waals surface area contributed by atoms with E-state index in [1.165, 1.54) is 6.20 Å². The van der Waals surface area contributed by atoms with Gasteiger partial charge < -0.3 is 14.5 Å². The average Bonchev–Trinajstić information content (AvgIpc) is 3.10. The summed E-state index contributed by atoms with van der Waals surface area (Å²) in [5.74, 6) is 1.93. The third kappa shape index (κ3) is 3.50. The monoisotopic (exact) mass is 379 g/mol. The van der Waals surface area contributed by atoms with E-state index in [0.29, 0.717) is 36.7 Å². The van der Waals surface area contributed by atoms with Gasteiger partial charge in [-0.15, -0.1) is 0 Å². The highest BCUT2D eigenvalue weighted by Gasteiger charge is 2.40. The van der Waals surface area contributed by atoms with Gasteiger partial charge in [0.2, 0.25) is 11.8 Å². The fraction of sp³-hybridized carbons (Fsp3) is 0.500. The van der Waals surface area contributed by atoms with Crippen LogP contribution in [-0.2, 0) is 6.18 Å². The summed E-state index contributed by atoms with van der Waals surface area (Å²) in [6, 6.07) is 3.96. The molecule has 0 radical (unpaired) electrons. The van der Waals surface area contributed by atoms with E-state index < -0.39 is 11.7 Å². The van der Waals surface area contributed by atoms with E-state index in [-0.39, 0.29) is 6.04 Å². The quantitative estimate of drug-likeness (QED) is 0.817. The number of alkyl halides is 3. The van der Waals surface area contributed by atoms with Gasteiger partial charge in [-0.05, 0) is 30.9 Å². The lowest BCUT2D eigenvalue weighted by atomic mass is 9.92. The van der Waals surface area contributed by atoms with Crippen molar-refractivity contribution in [3.8, 4) is 5.88 Å². The zero-order valence-electron chi connectivity index (χ0n) is 14.9. The van der Waals surface area contributed by atoms with Gasteiger partial charge in [-0.3, -0.25) is 0 Å². The second-order valence-corrected chi connectivity index (χ2v) is 6.84. The summed E-state index contributed by atoms with van der Waals surface area (Å²) >= 11 is 0. The molecule has 0 aliphatic carbocycles. The van der Waals surface area contributed by atoms with Crippen LogP contribution in [0.25, 0.3) is 0 Å². The topological polar surface area (TPSA) is 54.4 Å². The van der Waals surface area contributed by atoms with Gasteiger partial charge in [-0.2, -0.15) is 18.2 Å². The maximum atomic E-state index is 13.0. The van der Waals surface area contributed by atoms with Gasteiger partial charge in [0.1, 0.15) is 5.82 Å². The van der Waals surface area contributed by atoms with Crippen LogP contribution in [0.3, 0.4) is 0 Å². The number of ether oxygens (including phenoxy) is 1. The first kappa shape index (κ1) is 17.8. The zero-order valence-corrected chi connectivity index (χ0v) is 14.9. The minimum atomic E-state index is -4.37. The van der Waals surface area contributed by atoms with Gasteiger partial charge in [0.25, 0.3) is 0 Å². The van der Waals surface area contributed by atoms with E-state index in [1.807, 2.05) is 4.90 Å². The Morgan fingerprint density at radius 3 is 2.67 bits per heavy atom. The molecule has 0 aromatic carbocycles. The van der Waals surface area contributed by atoms with Gasteiger partial charge in [0.05, 0.1) is 18.7 Å². The van der Waals surface area contributed by atoms with Gasteiger partial charge in [-0.1, -0.05) is 0 Å². The molecule has 0 spiro atoms. The number of hydrogen-bond acceptors (Lipinski definition) is 6. The van der Waals surface area contributed by atoms with Crippen LogP contribution >= 0.6 is 0 Å². The van der Waals surface area contributed by atoms with Gasteiger partial charge in [0.15, 0.2) is 0 Å². The predicted molar refractivity (Wildman–Crippen MR) is 93.9 cm³/mol. The number of rotatable bonds is 3. The first-order valence-corrected chi connectivity index (χ1v) is 8.87. The highest BCUT2D eigenvalue weighted by Crippen LogP contribution is 2.36. The van der Waals surface area contributed by atoms with Gasteiger partial charge >= 0.3 is 6.18 Å². The summed E-state index contributed by atoms with van der Waals surface area (Å²) in [6.07, 6.45) is 0.438. The number of fused-ring (bicyclic) bond motifs is 1. The van der Waals surface area contributed by atoms with Crippen molar-refractivity contribution in [2.24, 2.45) is 5.92 Å². The first-order valence-electron chi connectivity index (χ1n) is 8.87. The molecule has 0 bridgehead atoms. The van der Waals surface area contributed by atoms with Crippen molar-refractivity contribution < 1.29 is 17.9 Å². The molecule has 2 aromatic heterocycles. The largest absolute Gasteiger partial charge is 0.481 e. The number of piperidine rings is 1. The SMILES string of the molecule is COc1ccnc(N2CCC3CCN(c4cc(C(F)(F)F)ccn4)CC32)n1.